The molecule has 0 saturated carbocycles. The van der Waals surface area contributed by atoms with Gasteiger partial charge in [0, 0.05) is 12.7 Å². The molecule has 1 N–H and O–H groups in total. The first kappa shape index (κ1) is 16.4. The summed E-state index contributed by atoms with van der Waals surface area (Å²) < 4.78 is 13.2. The fourth-order valence-electron chi connectivity index (χ4n) is 1.94. The Morgan fingerprint density at radius 1 is 1.41 bits per heavy atom. The standard InChI is InChI=1S/C16H17ClFN3O/c1-11(16(22)20-15-7-6-13(17)9-19-15)21(2)10-12-4-3-5-14(18)8-12/h3-9,11H,10H2,1-2H3,(H,19,20,22). The highest BCUT2D eigenvalue weighted by atomic mass is 35.5. The van der Waals surface area contributed by atoms with Crippen LogP contribution in [-0.4, -0.2) is 28.9 Å². The van der Waals surface area contributed by atoms with Crippen LogP contribution in [0.25, 0.3) is 0 Å². The fraction of sp³-hybridized carbons (Fsp3) is 0.250. The Morgan fingerprint density at radius 2 is 2.18 bits per heavy atom. The van der Waals surface area contributed by atoms with Gasteiger partial charge in [0.05, 0.1) is 11.1 Å². The summed E-state index contributed by atoms with van der Waals surface area (Å²) in [4.78, 5) is 18.1. The molecule has 22 heavy (non-hydrogen) atoms. The third kappa shape index (κ3) is 4.51. The van der Waals surface area contributed by atoms with Crippen LogP contribution in [0.3, 0.4) is 0 Å². The van der Waals surface area contributed by atoms with Gasteiger partial charge in [0.15, 0.2) is 0 Å². The number of nitrogens with one attached hydrogen (secondary N) is 1. The lowest BCUT2D eigenvalue weighted by Gasteiger charge is -2.23. The zero-order valence-corrected chi connectivity index (χ0v) is 13.1. The lowest BCUT2D eigenvalue weighted by molar-refractivity contribution is -0.120. The molecule has 0 saturated heterocycles. The third-order valence-electron chi connectivity index (χ3n) is 3.34. The summed E-state index contributed by atoms with van der Waals surface area (Å²) >= 11 is 5.75. The number of carbonyl (C=O) groups excluding carboxylic acids is 1. The monoisotopic (exact) mass is 321 g/mol. The number of carbonyl (C=O) groups is 1. The van der Waals surface area contributed by atoms with Crippen molar-refractivity contribution in [3.8, 4) is 0 Å². The minimum absolute atomic E-state index is 0.186. The molecule has 0 aliphatic heterocycles. The van der Waals surface area contributed by atoms with E-state index in [0.717, 1.165) is 5.56 Å². The lowest BCUT2D eigenvalue weighted by atomic mass is 10.2. The molecule has 1 aromatic carbocycles. The molecule has 1 unspecified atom stereocenters. The van der Waals surface area contributed by atoms with Crippen molar-refractivity contribution < 1.29 is 9.18 Å². The third-order valence-corrected chi connectivity index (χ3v) is 3.56. The first-order chi connectivity index (χ1) is 10.5. The Hall–Kier alpha value is -1.98. The maximum absolute atomic E-state index is 13.2. The highest BCUT2D eigenvalue weighted by Gasteiger charge is 2.18. The molecule has 0 spiro atoms. The van der Waals surface area contributed by atoms with Gasteiger partial charge in [-0.2, -0.15) is 0 Å². The molecule has 1 heterocycles. The molecule has 0 bridgehead atoms. The van der Waals surface area contributed by atoms with Crippen LogP contribution >= 0.6 is 11.6 Å². The molecule has 0 aliphatic carbocycles. The highest BCUT2D eigenvalue weighted by molar-refractivity contribution is 6.30. The Bertz CT molecular complexity index is 648. The van der Waals surface area contributed by atoms with Crippen LogP contribution < -0.4 is 5.32 Å². The number of likely N-dealkylation sites (N-methyl/N-ethyl adjacent to an activating group) is 1. The minimum atomic E-state index is -0.388. The maximum Gasteiger partial charge on any atom is 0.242 e. The summed E-state index contributed by atoms with van der Waals surface area (Å²) in [5, 5.41) is 3.23. The molecular weight excluding hydrogens is 305 g/mol. The molecule has 2 aromatic rings. The number of halogens is 2. The second kappa shape index (κ2) is 7.33. The number of anilines is 1. The van der Waals surface area contributed by atoms with Crippen molar-refractivity contribution >= 4 is 23.3 Å². The van der Waals surface area contributed by atoms with Gasteiger partial charge in [0.2, 0.25) is 5.91 Å². The summed E-state index contributed by atoms with van der Waals surface area (Å²) in [7, 11) is 1.81. The van der Waals surface area contributed by atoms with E-state index >= 15 is 0 Å². The quantitative estimate of drug-likeness (QED) is 0.918. The van der Waals surface area contributed by atoms with E-state index in [1.165, 1.54) is 18.3 Å². The fourth-order valence-corrected chi connectivity index (χ4v) is 2.05. The van der Waals surface area contributed by atoms with Crippen LogP contribution in [0.5, 0.6) is 0 Å². The van der Waals surface area contributed by atoms with Gasteiger partial charge in [-0.3, -0.25) is 9.69 Å². The smallest absolute Gasteiger partial charge is 0.242 e. The van der Waals surface area contributed by atoms with Crippen molar-refractivity contribution in [1.29, 1.82) is 0 Å². The van der Waals surface area contributed by atoms with Crippen LogP contribution in [0, 0.1) is 5.82 Å². The summed E-state index contributed by atoms with van der Waals surface area (Å²) in [6.45, 7) is 2.25. The van der Waals surface area contributed by atoms with Gasteiger partial charge in [-0.25, -0.2) is 9.37 Å². The van der Waals surface area contributed by atoms with E-state index < -0.39 is 0 Å². The van der Waals surface area contributed by atoms with E-state index in [4.69, 9.17) is 11.6 Å². The largest absolute Gasteiger partial charge is 0.309 e. The molecule has 0 fully saturated rings. The molecule has 6 heteroatoms. The highest BCUT2D eigenvalue weighted by Crippen LogP contribution is 2.12. The number of pyridine rings is 1. The first-order valence-electron chi connectivity index (χ1n) is 6.83. The Balaban J connectivity index is 1.95. The van der Waals surface area contributed by atoms with Crippen molar-refractivity contribution in [1.82, 2.24) is 9.88 Å². The van der Waals surface area contributed by atoms with Gasteiger partial charge in [-0.05, 0) is 43.8 Å². The topological polar surface area (TPSA) is 45.2 Å². The molecule has 2 rings (SSSR count). The van der Waals surface area contributed by atoms with Crippen molar-refractivity contribution in [2.24, 2.45) is 0 Å². The van der Waals surface area contributed by atoms with E-state index in [2.05, 4.69) is 10.3 Å². The average Bonchev–Trinajstić information content (AvgIpc) is 2.48. The van der Waals surface area contributed by atoms with E-state index in [0.29, 0.717) is 17.4 Å². The lowest BCUT2D eigenvalue weighted by Crippen LogP contribution is -2.39. The number of hydrogen-bond acceptors (Lipinski definition) is 3. The Labute approximate surface area is 133 Å². The molecule has 1 amide bonds. The van der Waals surface area contributed by atoms with E-state index in [-0.39, 0.29) is 17.8 Å². The minimum Gasteiger partial charge on any atom is -0.309 e. The normalized spacial score (nSPS) is 12.2. The average molecular weight is 322 g/mol. The van der Waals surface area contributed by atoms with Gasteiger partial charge in [0.1, 0.15) is 11.6 Å². The van der Waals surface area contributed by atoms with E-state index in [9.17, 15) is 9.18 Å². The molecule has 1 atom stereocenters. The SMILES string of the molecule is CC(C(=O)Nc1ccc(Cl)cn1)N(C)Cc1cccc(F)c1. The van der Waals surface area contributed by atoms with Crippen molar-refractivity contribution in [2.75, 3.05) is 12.4 Å². The number of benzene rings is 1. The molecule has 1 aromatic heterocycles. The second-order valence-corrected chi connectivity index (χ2v) is 5.51. The van der Waals surface area contributed by atoms with Crippen LogP contribution in [0.4, 0.5) is 10.2 Å². The molecule has 0 radical (unpaired) electrons. The summed E-state index contributed by atoms with van der Waals surface area (Å²) in [6.07, 6.45) is 1.47. The van der Waals surface area contributed by atoms with Crippen LogP contribution in [0.1, 0.15) is 12.5 Å². The Kier molecular flexibility index (Phi) is 5.46. The Morgan fingerprint density at radius 3 is 2.82 bits per heavy atom. The second-order valence-electron chi connectivity index (χ2n) is 5.07. The zero-order chi connectivity index (χ0) is 16.1. The van der Waals surface area contributed by atoms with Crippen LogP contribution in [0.2, 0.25) is 5.02 Å². The number of nitrogens with zero attached hydrogens (tertiary/aromatic N) is 2. The number of aromatic nitrogens is 1. The number of hydrogen-bond donors (Lipinski definition) is 1. The predicted octanol–water partition coefficient (Wildman–Crippen LogP) is 3.33. The van der Waals surface area contributed by atoms with E-state index in [1.807, 2.05) is 18.0 Å². The van der Waals surface area contributed by atoms with Gasteiger partial charge in [-0.15, -0.1) is 0 Å². The van der Waals surface area contributed by atoms with Crippen molar-refractivity contribution in [2.45, 2.75) is 19.5 Å². The van der Waals surface area contributed by atoms with Gasteiger partial charge in [0.25, 0.3) is 0 Å². The van der Waals surface area contributed by atoms with Gasteiger partial charge in [-0.1, -0.05) is 23.7 Å². The molecular formula is C16H17ClFN3O. The van der Waals surface area contributed by atoms with Gasteiger partial charge >= 0.3 is 0 Å². The summed E-state index contributed by atoms with van der Waals surface area (Å²) in [5.41, 5.74) is 0.812. The van der Waals surface area contributed by atoms with E-state index in [1.54, 1.807) is 25.1 Å². The van der Waals surface area contributed by atoms with Crippen molar-refractivity contribution in [3.05, 3.63) is 59.0 Å². The van der Waals surface area contributed by atoms with Gasteiger partial charge < -0.3 is 5.32 Å². The predicted molar refractivity (Wildman–Crippen MR) is 85.2 cm³/mol. The molecule has 116 valence electrons. The zero-order valence-electron chi connectivity index (χ0n) is 12.4. The number of amides is 1. The number of rotatable bonds is 5. The first-order valence-corrected chi connectivity index (χ1v) is 7.20. The van der Waals surface area contributed by atoms with Crippen LogP contribution in [-0.2, 0) is 11.3 Å². The summed E-state index contributed by atoms with van der Waals surface area (Å²) in [6, 6.07) is 9.24. The molecule has 0 aliphatic rings. The van der Waals surface area contributed by atoms with Crippen LogP contribution in [0.15, 0.2) is 42.6 Å². The maximum atomic E-state index is 13.2. The summed E-state index contributed by atoms with van der Waals surface area (Å²) in [5.74, 6) is -0.0255. The van der Waals surface area contributed by atoms with Crippen molar-refractivity contribution in [3.63, 3.8) is 0 Å². The molecule has 4 nitrogen and oxygen atoms in total.